The Kier molecular flexibility index (Phi) is 5.00. The van der Waals surface area contributed by atoms with Gasteiger partial charge in [-0.05, 0) is 25.2 Å². The van der Waals surface area contributed by atoms with Crippen LogP contribution in [0.4, 0.5) is 11.6 Å². The van der Waals surface area contributed by atoms with Gasteiger partial charge in [0.05, 0.1) is 0 Å². The van der Waals surface area contributed by atoms with Gasteiger partial charge in [0.2, 0.25) is 0 Å². The highest BCUT2D eigenvalue weighted by atomic mass is 15.2. The highest BCUT2D eigenvalue weighted by Gasteiger charge is 2.17. The minimum atomic E-state index is 0.883. The molecular weight excluding hydrogens is 236 g/mol. The van der Waals surface area contributed by atoms with E-state index in [1.165, 1.54) is 25.7 Å². The first kappa shape index (κ1) is 14.1. The molecule has 1 fully saturated rings. The van der Waals surface area contributed by atoms with Crippen molar-refractivity contribution in [3.8, 4) is 0 Å². The van der Waals surface area contributed by atoms with Crippen LogP contribution in [0.1, 0.15) is 45.4 Å². The van der Waals surface area contributed by atoms with Crippen LogP contribution < -0.4 is 10.2 Å². The van der Waals surface area contributed by atoms with E-state index in [1.807, 2.05) is 7.05 Å². The molecule has 106 valence electrons. The van der Waals surface area contributed by atoms with Crippen LogP contribution in [-0.4, -0.2) is 30.1 Å². The molecule has 19 heavy (non-hydrogen) atoms. The Labute approximate surface area is 116 Å². The van der Waals surface area contributed by atoms with E-state index in [0.717, 1.165) is 42.9 Å². The SMILES string of the molecule is CCc1nc(NC)cc(N2CCCC(CC)CC2)n1. The van der Waals surface area contributed by atoms with Gasteiger partial charge >= 0.3 is 0 Å². The van der Waals surface area contributed by atoms with E-state index in [4.69, 9.17) is 4.98 Å². The van der Waals surface area contributed by atoms with Gasteiger partial charge in [0.1, 0.15) is 17.5 Å². The molecule has 1 unspecified atom stereocenters. The zero-order valence-corrected chi connectivity index (χ0v) is 12.4. The third kappa shape index (κ3) is 3.58. The molecule has 4 heteroatoms. The second-order valence-corrected chi connectivity index (χ2v) is 5.32. The minimum Gasteiger partial charge on any atom is -0.373 e. The topological polar surface area (TPSA) is 41.1 Å². The zero-order valence-electron chi connectivity index (χ0n) is 12.4. The van der Waals surface area contributed by atoms with Crippen LogP contribution in [0.25, 0.3) is 0 Å². The minimum absolute atomic E-state index is 0.883. The fourth-order valence-corrected chi connectivity index (χ4v) is 2.73. The number of aryl methyl sites for hydroxylation is 1. The third-order valence-corrected chi connectivity index (χ3v) is 4.08. The van der Waals surface area contributed by atoms with Crippen molar-refractivity contribution in [1.29, 1.82) is 0 Å². The largest absolute Gasteiger partial charge is 0.373 e. The average Bonchev–Trinajstić information content (AvgIpc) is 2.72. The van der Waals surface area contributed by atoms with Crippen LogP contribution in [-0.2, 0) is 6.42 Å². The number of rotatable bonds is 4. The maximum absolute atomic E-state index is 4.69. The highest BCUT2D eigenvalue weighted by molar-refractivity contribution is 5.49. The van der Waals surface area contributed by atoms with Crippen molar-refractivity contribution in [2.45, 2.75) is 46.0 Å². The fraction of sp³-hybridized carbons (Fsp3) is 0.733. The number of nitrogens with zero attached hydrogens (tertiary/aromatic N) is 3. The maximum Gasteiger partial charge on any atom is 0.134 e. The van der Waals surface area contributed by atoms with Crippen molar-refractivity contribution in [2.24, 2.45) is 5.92 Å². The average molecular weight is 262 g/mol. The molecule has 1 atom stereocenters. The molecule has 1 N–H and O–H groups in total. The van der Waals surface area contributed by atoms with Crippen LogP contribution in [0.15, 0.2) is 6.07 Å². The van der Waals surface area contributed by atoms with Gasteiger partial charge in [-0.25, -0.2) is 9.97 Å². The number of nitrogens with one attached hydrogen (secondary N) is 1. The summed E-state index contributed by atoms with van der Waals surface area (Å²) in [6, 6.07) is 2.07. The summed E-state index contributed by atoms with van der Waals surface area (Å²) in [7, 11) is 1.92. The molecular formula is C15H26N4. The van der Waals surface area contributed by atoms with Crippen molar-refractivity contribution >= 4 is 11.6 Å². The molecule has 0 aromatic carbocycles. The van der Waals surface area contributed by atoms with E-state index in [-0.39, 0.29) is 0 Å². The van der Waals surface area contributed by atoms with Gasteiger partial charge in [-0.15, -0.1) is 0 Å². The zero-order chi connectivity index (χ0) is 13.7. The molecule has 1 aromatic heterocycles. The number of hydrogen-bond acceptors (Lipinski definition) is 4. The molecule has 1 aliphatic rings. The summed E-state index contributed by atoms with van der Waals surface area (Å²) in [5.74, 6) is 3.84. The molecule has 1 saturated heterocycles. The Morgan fingerprint density at radius 1 is 1.26 bits per heavy atom. The predicted molar refractivity (Wildman–Crippen MR) is 80.8 cm³/mol. The molecule has 0 bridgehead atoms. The van der Waals surface area contributed by atoms with Gasteiger partial charge in [-0.2, -0.15) is 0 Å². The molecule has 0 saturated carbocycles. The van der Waals surface area contributed by atoms with Gasteiger partial charge in [-0.1, -0.05) is 20.3 Å². The standard InChI is InChI=1S/C15H26N4/c1-4-12-7-6-9-19(10-8-12)15-11-14(16-3)17-13(5-2)18-15/h11-12H,4-10H2,1-3H3,(H,16,17,18). The Balaban J connectivity index is 2.16. The highest BCUT2D eigenvalue weighted by Crippen LogP contribution is 2.24. The van der Waals surface area contributed by atoms with Gasteiger partial charge in [-0.3, -0.25) is 0 Å². The number of hydrogen-bond donors (Lipinski definition) is 1. The molecule has 1 aliphatic heterocycles. The summed E-state index contributed by atoms with van der Waals surface area (Å²) in [5.41, 5.74) is 0. The monoisotopic (exact) mass is 262 g/mol. The molecule has 0 radical (unpaired) electrons. The van der Waals surface area contributed by atoms with Crippen LogP contribution in [0, 0.1) is 5.92 Å². The summed E-state index contributed by atoms with van der Waals surface area (Å²) in [4.78, 5) is 11.6. The number of anilines is 2. The maximum atomic E-state index is 4.69. The summed E-state index contributed by atoms with van der Waals surface area (Å²) >= 11 is 0. The first-order chi connectivity index (χ1) is 9.26. The van der Waals surface area contributed by atoms with Crippen molar-refractivity contribution in [1.82, 2.24) is 9.97 Å². The van der Waals surface area contributed by atoms with E-state index >= 15 is 0 Å². The van der Waals surface area contributed by atoms with Gasteiger partial charge in [0, 0.05) is 32.6 Å². The molecule has 0 aliphatic carbocycles. The van der Waals surface area contributed by atoms with E-state index in [9.17, 15) is 0 Å². The Morgan fingerprint density at radius 3 is 2.79 bits per heavy atom. The lowest BCUT2D eigenvalue weighted by atomic mass is 9.98. The molecule has 0 amide bonds. The smallest absolute Gasteiger partial charge is 0.134 e. The second-order valence-electron chi connectivity index (χ2n) is 5.32. The third-order valence-electron chi connectivity index (χ3n) is 4.08. The summed E-state index contributed by atoms with van der Waals surface area (Å²) in [6.07, 6.45) is 6.11. The molecule has 4 nitrogen and oxygen atoms in total. The van der Waals surface area contributed by atoms with Crippen LogP contribution in [0.2, 0.25) is 0 Å². The van der Waals surface area contributed by atoms with Crippen molar-refractivity contribution in [3.05, 3.63) is 11.9 Å². The Morgan fingerprint density at radius 2 is 2.11 bits per heavy atom. The normalized spacial score (nSPS) is 20.2. The summed E-state index contributed by atoms with van der Waals surface area (Å²) < 4.78 is 0. The summed E-state index contributed by atoms with van der Waals surface area (Å²) in [6.45, 7) is 6.66. The van der Waals surface area contributed by atoms with Crippen molar-refractivity contribution < 1.29 is 0 Å². The quantitative estimate of drug-likeness (QED) is 0.905. The van der Waals surface area contributed by atoms with Crippen molar-refractivity contribution in [2.75, 3.05) is 30.4 Å². The van der Waals surface area contributed by atoms with Crippen LogP contribution >= 0.6 is 0 Å². The molecule has 2 heterocycles. The Bertz CT molecular complexity index is 383. The molecule has 1 aromatic rings. The van der Waals surface area contributed by atoms with E-state index < -0.39 is 0 Å². The fourth-order valence-electron chi connectivity index (χ4n) is 2.73. The predicted octanol–water partition coefficient (Wildman–Crippen LogP) is 3.10. The van der Waals surface area contributed by atoms with Gasteiger partial charge in [0.15, 0.2) is 0 Å². The lowest BCUT2D eigenvalue weighted by Crippen LogP contribution is -2.26. The van der Waals surface area contributed by atoms with Gasteiger partial charge < -0.3 is 10.2 Å². The first-order valence-electron chi connectivity index (χ1n) is 7.57. The lowest BCUT2D eigenvalue weighted by Gasteiger charge is -2.22. The van der Waals surface area contributed by atoms with Gasteiger partial charge in [0.25, 0.3) is 0 Å². The number of aromatic nitrogens is 2. The first-order valence-corrected chi connectivity index (χ1v) is 7.57. The summed E-state index contributed by atoms with van der Waals surface area (Å²) in [5, 5.41) is 3.14. The van der Waals surface area contributed by atoms with E-state index in [0.29, 0.717) is 0 Å². The van der Waals surface area contributed by atoms with E-state index in [1.54, 1.807) is 0 Å². The van der Waals surface area contributed by atoms with Crippen molar-refractivity contribution in [3.63, 3.8) is 0 Å². The lowest BCUT2D eigenvalue weighted by molar-refractivity contribution is 0.459. The van der Waals surface area contributed by atoms with E-state index in [2.05, 4.69) is 35.1 Å². The second kappa shape index (κ2) is 6.73. The van der Waals surface area contributed by atoms with Crippen LogP contribution in [0.5, 0.6) is 0 Å². The molecule has 0 spiro atoms. The Hall–Kier alpha value is -1.32. The molecule has 2 rings (SSSR count). The van der Waals surface area contributed by atoms with Crippen LogP contribution in [0.3, 0.4) is 0 Å².